The lowest BCUT2D eigenvalue weighted by atomic mass is 10.1. The van der Waals surface area contributed by atoms with E-state index in [2.05, 4.69) is 26.1 Å². The number of piperazine rings is 1. The first-order valence-electron chi connectivity index (χ1n) is 6.27. The van der Waals surface area contributed by atoms with Gasteiger partial charge in [-0.05, 0) is 28.4 Å². The average Bonchev–Trinajstić information content (AvgIpc) is 2.42. The average molecular weight is 335 g/mol. The largest absolute Gasteiger partial charge is 0.495 e. The van der Waals surface area contributed by atoms with Crippen LogP contribution in [0.5, 0.6) is 5.75 Å². The number of benzene rings is 1. The maximum absolute atomic E-state index is 13.9. The van der Waals surface area contributed by atoms with Gasteiger partial charge in [-0.25, -0.2) is 8.78 Å². The fraction of sp³-hybridized carbons (Fsp3) is 0.538. The third kappa shape index (κ3) is 3.43. The predicted octanol–water partition coefficient (Wildman–Crippen LogP) is 2.18. The standard InChI is InChI=1S/C13H17BrF2N2O/c1-19-13-9(12(16)11(15)8-10(13)14)2-5-18-6-3-17-4-7-18/h8,17H,2-7H2,1H3. The maximum atomic E-state index is 13.9. The highest BCUT2D eigenvalue weighted by Crippen LogP contribution is 2.33. The summed E-state index contributed by atoms with van der Waals surface area (Å²) in [4.78, 5) is 2.23. The van der Waals surface area contributed by atoms with Crippen LogP contribution in [0.4, 0.5) is 8.78 Å². The van der Waals surface area contributed by atoms with E-state index >= 15 is 0 Å². The van der Waals surface area contributed by atoms with Gasteiger partial charge in [-0.2, -0.15) is 0 Å². The second-order valence-electron chi connectivity index (χ2n) is 4.51. The van der Waals surface area contributed by atoms with Crippen LogP contribution in [-0.4, -0.2) is 44.7 Å². The molecule has 0 unspecified atom stereocenters. The highest BCUT2D eigenvalue weighted by atomic mass is 79.9. The molecule has 1 aromatic carbocycles. The molecule has 0 amide bonds. The Bertz CT molecular complexity index is 451. The van der Waals surface area contributed by atoms with Crippen LogP contribution in [0.15, 0.2) is 10.5 Å². The number of nitrogens with zero attached hydrogens (tertiary/aromatic N) is 1. The molecule has 0 radical (unpaired) electrons. The lowest BCUT2D eigenvalue weighted by Gasteiger charge is -2.27. The molecule has 0 bridgehead atoms. The summed E-state index contributed by atoms with van der Waals surface area (Å²) in [7, 11) is 1.46. The van der Waals surface area contributed by atoms with Crippen molar-refractivity contribution in [1.29, 1.82) is 0 Å². The summed E-state index contributed by atoms with van der Waals surface area (Å²) >= 11 is 3.20. The summed E-state index contributed by atoms with van der Waals surface area (Å²) in [5.41, 5.74) is 0.299. The van der Waals surface area contributed by atoms with Crippen molar-refractivity contribution in [2.45, 2.75) is 6.42 Å². The Balaban J connectivity index is 2.13. The SMILES string of the molecule is COc1c(Br)cc(F)c(F)c1CCN1CCNCC1. The van der Waals surface area contributed by atoms with Crippen LogP contribution in [-0.2, 0) is 6.42 Å². The van der Waals surface area contributed by atoms with E-state index in [1.165, 1.54) is 7.11 Å². The molecule has 0 atom stereocenters. The zero-order chi connectivity index (χ0) is 13.8. The quantitative estimate of drug-likeness (QED) is 0.854. The fourth-order valence-electron chi connectivity index (χ4n) is 2.28. The van der Waals surface area contributed by atoms with Gasteiger partial charge in [0.15, 0.2) is 11.6 Å². The number of halogens is 3. The molecule has 1 aliphatic heterocycles. The molecule has 19 heavy (non-hydrogen) atoms. The van der Waals surface area contributed by atoms with Crippen LogP contribution in [0.2, 0.25) is 0 Å². The molecule has 1 heterocycles. The molecule has 1 N–H and O–H groups in total. The van der Waals surface area contributed by atoms with Gasteiger partial charge in [0.1, 0.15) is 5.75 Å². The van der Waals surface area contributed by atoms with Crippen molar-refractivity contribution in [3.8, 4) is 5.75 Å². The number of rotatable bonds is 4. The van der Waals surface area contributed by atoms with Gasteiger partial charge in [0.25, 0.3) is 0 Å². The highest BCUT2D eigenvalue weighted by molar-refractivity contribution is 9.10. The fourth-order valence-corrected chi connectivity index (χ4v) is 2.88. The molecular formula is C13H17BrF2N2O. The Hall–Kier alpha value is -0.720. The first kappa shape index (κ1) is 14.7. The zero-order valence-electron chi connectivity index (χ0n) is 10.8. The summed E-state index contributed by atoms with van der Waals surface area (Å²) < 4.78 is 32.9. The molecule has 106 valence electrons. The van der Waals surface area contributed by atoms with Crippen molar-refractivity contribution in [3.05, 3.63) is 27.7 Å². The first-order chi connectivity index (χ1) is 9.13. The van der Waals surface area contributed by atoms with Crippen molar-refractivity contribution in [1.82, 2.24) is 10.2 Å². The third-order valence-corrected chi connectivity index (χ3v) is 3.90. The van der Waals surface area contributed by atoms with Crippen LogP contribution in [0, 0.1) is 11.6 Å². The van der Waals surface area contributed by atoms with Gasteiger partial charge >= 0.3 is 0 Å². The normalized spacial score (nSPS) is 16.6. The molecule has 0 saturated carbocycles. The summed E-state index contributed by atoms with van der Waals surface area (Å²) in [5.74, 6) is -1.27. The van der Waals surface area contributed by atoms with E-state index < -0.39 is 11.6 Å². The minimum absolute atomic E-state index is 0.299. The number of nitrogens with one attached hydrogen (secondary N) is 1. The molecule has 6 heteroatoms. The van der Waals surface area contributed by atoms with Crippen molar-refractivity contribution in [3.63, 3.8) is 0 Å². The van der Waals surface area contributed by atoms with Crippen molar-refractivity contribution in [2.24, 2.45) is 0 Å². The van der Waals surface area contributed by atoms with E-state index in [-0.39, 0.29) is 0 Å². The monoisotopic (exact) mass is 334 g/mol. The van der Waals surface area contributed by atoms with E-state index in [0.29, 0.717) is 28.8 Å². The molecule has 0 aromatic heterocycles. The van der Waals surface area contributed by atoms with Crippen molar-refractivity contribution < 1.29 is 13.5 Å². The van der Waals surface area contributed by atoms with E-state index in [9.17, 15) is 8.78 Å². The number of ether oxygens (including phenoxy) is 1. The Morgan fingerprint density at radius 1 is 1.37 bits per heavy atom. The Kier molecular flexibility index (Phi) is 5.13. The summed E-state index contributed by atoms with van der Waals surface area (Å²) in [6.45, 7) is 4.44. The van der Waals surface area contributed by atoms with E-state index in [1.54, 1.807) is 0 Å². The number of hydrogen-bond donors (Lipinski definition) is 1. The van der Waals surface area contributed by atoms with E-state index in [4.69, 9.17) is 4.74 Å². The summed E-state index contributed by atoms with van der Waals surface area (Å²) in [6, 6.07) is 1.10. The molecule has 0 aliphatic carbocycles. The Morgan fingerprint density at radius 2 is 2.05 bits per heavy atom. The Morgan fingerprint density at radius 3 is 2.68 bits per heavy atom. The molecule has 3 nitrogen and oxygen atoms in total. The van der Waals surface area contributed by atoms with Crippen LogP contribution in [0.1, 0.15) is 5.56 Å². The van der Waals surface area contributed by atoms with Crippen molar-refractivity contribution >= 4 is 15.9 Å². The number of hydrogen-bond acceptors (Lipinski definition) is 3. The smallest absolute Gasteiger partial charge is 0.165 e. The highest BCUT2D eigenvalue weighted by Gasteiger charge is 2.19. The van der Waals surface area contributed by atoms with Crippen LogP contribution >= 0.6 is 15.9 Å². The zero-order valence-corrected chi connectivity index (χ0v) is 12.4. The number of methoxy groups -OCH3 is 1. The third-order valence-electron chi connectivity index (χ3n) is 3.31. The van der Waals surface area contributed by atoms with Gasteiger partial charge in [0.05, 0.1) is 11.6 Å². The Labute approximate surface area is 120 Å². The van der Waals surface area contributed by atoms with Crippen LogP contribution in [0.25, 0.3) is 0 Å². The molecule has 1 fully saturated rings. The van der Waals surface area contributed by atoms with Crippen molar-refractivity contribution in [2.75, 3.05) is 39.8 Å². The van der Waals surface area contributed by atoms with Gasteiger partial charge in [0.2, 0.25) is 0 Å². The molecular weight excluding hydrogens is 318 g/mol. The van der Waals surface area contributed by atoms with E-state index in [1.807, 2.05) is 0 Å². The maximum Gasteiger partial charge on any atom is 0.165 e. The summed E-state index contributed by atoms with van der Waals surface area (Å²) in [5, 5.41) is 3.26. The van der Waals surface area contributed by atoms with Gasteiger partial charge in [-0.1, -0.05) is 0 Å². The minimum atomic E-state index is -0.844. The van der Waals surface area contributed by atoms with E-state index in [0.717, 1.165) is 32.2 Å². The predicted molar refractivity (Wildman–Crippen MR) is 73.6 cm³/mol. The van der Waals surface area contributed by atoms with Gasteiger partial charge < -0.3 is 15.0 Å². The second kappa shape index (κ2) is 6.63. The molecule has 2 rings (SSSR count). The molecule has 0 spiro atoms. The lowest BCUT2D eigenvalue weighted by Crippen LogP contribution is -2.44. The molecule has 1 aliphatic rings. The summed E-state index contributed by atoms with van der Waals surface area (Å²) in [6.07, 6.45) is 0.436. The van der Waals surface area contributed by atoms with Gasteiger partial charge in [0, 0.05) is 38.3 Å². The van der Waals surface area contributed by atoms with Gasteiger partial charge in [-0.3, -0.25) is 0 Å². The second-order valence-corrected chi connectivity index (χ2v) is 5.36. The van der Waals surface area contributed by atoms with Gasteiger partial charge in [-0.15, -0.1) is 0 Å². The topological polar surface area (TPSA) is 24.5 Å². The lowest BCUT2D eigenvalue weighted by molar-refractivity contribution is 0.241. The molecule has 1 saturated heterocycles. The minimum Gasteiger partial charge on any atom is -0.495 e. The molecule has 1 aromatic rings. The van der Waals surface area contributed by atoms with Crippen LogP contribution in [0.3, 0.4) is 0 Å². The first-order valence-corrected chi connectivity index (χ1v) is 7.06. The van der Waals surface area contributed by atoms with Crippen LogP contribution < -0.4 is 10.1 Å².